The van der Waals surface area contributed by atoms with Crippen molar-refractivity contribution in [2.24, 2.45) is 5.92 Å². The Hall–Kier alpha value is -1.47. The number of rotatable bonds is 6. The van der Waals surface area contributed by atoms with E-state index in [9.17, 15) is 4.79 Å². The number of nitrogens with zero attached hydrogens (tertiary/aromatic N) is 2. The Morgan fingerprint density at radius 1 is 1.48 bits per heavy atom. The van der Waals surface area contributed by atoms with Gasteiger partial charge in [-0.05, 0) is 20.3 Å². The lowest BCUT2D eigenvalue weighted by molar-refractivity contribution is -0.144. The fraction of sp³-hybridized carbons (Fsp3) is 0.786. The molecular formula is C14H21N3O4. The van der Waals surface area contributed by atoms with Crippen LogP contribution in [0.15, 0.2) is 0 Å². The summed E-state index contributed by atoms with van der Waals surface area (Å²) in [6, 6.07) is 0. The van der Waals surface area contributed by atoms with Crippen LogP contribution in [0.2, 0.25) is 0 Å². The van der Waals surface area contributed by atoms with Crippen molar-refractivity contribution in [2.75, 3.05) is 26.4 Å². The van der Waals surface area contributed by atoms with E-state index in [-0.39, 0.29) is 17.8 Å². The summed E-state index contributed by atoms with van der Waals surface area (Å²) in [5.41, 5.74) is -0.544. The van der Waals surface area contributed by atoms with Crippen LogP contribution in [0.25, 0.3) is 0 Å². The van der Waals surface area contributed by atoms with Gasteiger partial charge in [0, 0.05) is 18.9 Å². The normalized spacial score (nSPS) is 31.3. The maximum Gasteiger partial charge on any atom is 0.309 e. The molecule has 7 heteroatoms. The molecule has 2 fully saturated rings. The van der Waals surface area contributed by atoms with E-state index < -0.39 is 5.60 Å². The zero-order valence-corrected chi connectivity index (χ0v) is 12.4. The Morgan fingerprint density at radius 3 is 3.00 bits per heavy atom. The van der Waals surface area contributed by atoms with Gasteiger partial charge in [0.05, 0.1) is 25.7 Å². The first kappa shape index (κ1) is 14.5. The molecule has 0 aromatic carbocycles. The van der Waals surface area contributed by atoms with Crippen molar-refractivity contribution in [3.63, 3.8) is 0 Å². The molecule has 2 heterocycles. The van der Waals surface area contributed by atoms with Crippen LogP contribution in [-0.2, 0) is 24.6 Å². The minimum absolute atomic E-state index is 0.0892. The molecule has 7 nitrogen and oxygen atoms in total. The summed E-state index contributed by atoms with van der Waals surface area (Å²) in [5, 5.41) is 7.25. The van der Waals surface area contributed by atoms with Gasteiger partial charge in [0.15, 0.2) is 11.4 Å². The average Bonchev–Trinajstić information content (AvgIpc) is 2.89. The summed E-state index contributed by atoms with van der Waals surface area (Å²) in [5.74, 6) is 1.23. The third-order valence-electron chi connectivity index (χ3n) is 4.05. The fourth-order valence-corrected chi connectivity index (χ4v) is 2.83. The van der Waals surface area contributed by atoms with Crippen LogP contribution in [0.5, 0.6) is 0 Å². The van der Waals surface area contributed by atoms with E-state index in [1.54, 1.807) is 0 Å². The van der Waals surface area contributed by atoms with Crippen molar-refractivity contribution in [3.05, 3.63) is 11.6 Å². The number of hydrogen-bond acceptors (Lipinski definition) is 6. The smallest absolute Gasteiger partial charge is 0.309 e. The molecule has 3 atom stereocenters. The first-order chi connectivity index (χ1) is 10.2. The van der Waals surface area contributed by atoms with Crippen molar-refractivity contribution >= 4 is 5.97 Å². The van der Waals surface area contributed by atoms with E-state index in [0.717, 1.165) is 18.7 Å². The highest BCUT2D eigenvalue weighted by molar-refractivity contribution is 5.77. The summed E-state index contributed by atoms with van der Waals surface area (Å²) in [6.45, 7) is 5.89. The van der Waals surface area contributed by atoms with Crippen LogP contribution in [0.3, 0.4) is 0 Å². The second-order valence-corrected chi connectivity index (χ2v) is 5.47. The summed E-state index contributed by atoms with van der Waals surface area (Å²) in [7, 11) is 0. The highest BCUT2D eigenvalue weighted by Gasteiger charge is 2.49. The summed E-state index contributed by atoms with van der Waals surface area (Å²) >= 11 is 0. The molecule has 2 aliphatic rings. The lowest BCUT2D eigenvalue weighted by Gasteiger charge is -2.23. The zero-order valence-electron chi connectivity index (χ0n) is 12.4. The zero-order chi connectivity index (χ0) is 14.9. The molecule has 116 valence electrons. The van der Waals surface area contributed by atoms with Gasteiger partial charge in [-0.25, -0.2) is 4.98 Å². The maximum atomic E-state index is 11.7. The van der Waals surface area contributed by atoms with E-state index in [0.29, 0.717) is 32.3 Å². The monoisotopic (exact) mass is 295 g/mol. The van der Waals surface area contributed by atoms with Gasteiger partial charge in [0.25, 0.3) is 0 Å². The average molecular weight is 295 g/mol. The third-order valence-corrected chi connectivity index (χ3v) is 4.05. The molecule has 1 aliphatic carbocycles. The molecule has 1 saturated carbocycles. The van der Waals surface area contributed by atoms with Crippen LogP contribution >= 0.6 is 0 Å². The summed E-state index contributed by atoms with van der Waals surface area (Å²) in [6.07, 6.45) is 1.52. The van der Waals surface area contributed by atoms with Crippen molar-refractivity contribution in [3.8, 4) is 0 Å². The van der Waals surface area contributed by atoms with Gasteiger partial charge >= 0.3 is 5.97 Å². The number of ether oxygens (including phenoxy) is 3. The summed E-state index contributed by atoms with van der Waals surface area (Å²) < 4.78 is 16.3. The van der Waals surface area contributed by atoms with E-state index in [2.05, 4.69) is 15.2 Å². The first-order valence-electron chi connectivity index (χ1n) is 7.51. The lowest BCUT2D eigenvalue weighted by atomic mass is 10.0. The summed E-state index contributed by atoms with van der Waals surface area (Å²) in [4.78, 5) is 16.2. The van der Waals surface area contributed by atoms with Gasteiger partial charge < -0.3 is 14.2 Å². The molecule has 1 N–H and O–H groups in total. The standard InChI is InChI=1S/C14H21N3O4/c1-3-20-12(18)10-7-9(10)11-15-13(17-16-11)14(21-4-2)5-6-19-8-14/h9-10H,3-8H2,1-2H3,(H,15,16,17)/t9-,10-,14?/m1/s1. The number of carbonyl (C=O) groups is 1. The molecule has 21 heavy (non-hydrogen) atoms. The molecule has 0 spiro atoms. The molecule has 1 aliphatic heterocycles. The van der Waals surface area contributed by atoms with Gasteiger partial charge in [-0.1, -0.05) is 0 Å². The van der Waals surface area contributed by atoms with Crippen LogP contribution < -0.4 is 0 Å². The Kier molecular flexibility index (Phi) is 3.95. The molecule has 0 bridgehead atoms. The second-order valence-electron chi connectivity index (χ2n) is 5.47. The Labute approximate surface area is 123 Å². The number of aromatic nitrogens is 3. The molecule has 3 rings (SSSR count). The minimum atomic E-state index is -0.544. The van der Waals surface area contributed by atoms with E-state index >= 15 is 0 Å². The van der Waals surface area contributed by atoms with Crippen molar-refractivity contribution < 1.29 is 19.0 Å². The quantitative estimate of drug-likeness (QED) is 0.792. The highest BCUT2D eigenvalue weighted by Crippen LogP contribution is 2.47. The van der Waals surface area contributed by atoms with E-state index in [1.165, 1.54) is 0 Å². The molecule has 0 amide bonds. The number of aromatic amines is 1. The van der Waals surface area contributed by atoms with Gasteiger partial charge in [-0.15, -0.1) is 0 Å². The number of hydrogen-bond donors (Lipinski definition) is 1. The van der Waals surface area contributed by atoms with Crippen LogP contribution in [-0.4, -0.2) is 47.6 Å². The lowest BCUT2D eigenvalue weighted by Crippen LogP contribution is -2.31. The molecule has 1 unspecified atom stereocenters. The van der Waals surface area contributed by atoms with Crippen LogP contribution in [0, 0.1) is 5.92 Å². The first-order valence-corrected chi connectivity index (χ1v) is 7.51. The molecule has 1 aromatic heterocycles. The molecular weight excluding hydrogens is 274 g/mol. The van der Waals surface area contributed by atoms with Crippen molar-refractivity contribution in [1.29, 1.82) is 0 Å². The number of esters is 1. The predicted octanol–water partition coefficient (Wildman–Crippen LogP) is 1.12. The van der Waals surface area contributed by atoms with Gasteiger partial charge in [-0.2, -0.15) is 5.10 Å². The third kappa shape index (κ3) is 2.67. The Morgan fingerprint density at radius 2 is 2.33 bits per heavy atom. The Bertz CT molecular complexity index is 510. The molecule has 1 saturated heterocycles. The second kappa shape index (κ2) is 5.73. The number of nitrogens with one attached hydrogen (secondary N) is 1. The predicted molar refractivity (Wildman–Crippen MR) is 72.6 cm³/mol. The van der Waals surface area contributed by atoms with Crippen molar-refractivity contribution in [1.82, 2.24) is 15.2 Å². The van der Waals surface area contributed by atoms with Gasteiger partial charge in [0.1, 0.15) is 5.82 Å². The van der Waals surface area contributed by atoms with Crippen molar-refractivity contribution in [2.45, 2.75) is 38.2 Å². The topological polar surface area (TPSA) is 86.3 Å². The number of H-pyrrole nitrogens is 1. The van der Waals surface area contributed by atoms with Crippen LogP contribution in [0.4, 0.5) is 0 Å². The maximum absolute atomic E-state index is 11.7. The Balaban J connectivity index is 1.71. The fourth-order valence-electron chi connectivity index (χ4n) is 2.83. The van der Waals surface area contributed by atoms with Gasteiger partial charge in [-0.3, -0.25) is 9.89 Å². The molecule has 1 aromatic rings. The number of carbonyl (C=O) groups excluding carboxylic acids is 1. The largest absolute Gasteiger partial charge is 0.466 e. The van der Waals surface area contributed by atoms with E-state index in [1.807, 2.05) is 13.8 Å². The SMILES string of the molecule is CCOC(=O)[C@@H]1C[C@H]1c1nc(C2(OCC)CCOC2)n[nH]1. The van der Waals surface area contributed by atoms with Gasteiger partial charge in [0.2, 0.25) is 0 Å². The highest BCUT2D eigenvalue weighted by atomic mass is 16.6. The minimum Gasteiger partial charge on any atom is -0.466 e. The molecule has 0 radical (unpaired) electrons. The van der Waals surface area contributed by atoms with E-state index in [4.69, 9.17) is 14.2 Å². The van der Waals surface area contributed by atoms with Crippen LogP contribution in [0.1, 0.15) is 44.3 Å².